The number of rotatable bonds is 2. The highest BCUT2D eigenvalue weighted by molar-refractivity contribution is 5.34. The molecule has 2 atom stereocenters. The van der Waals surface area contributed by atoms with Crippen molar-refractivity contribution in [1.82, 2.24) is 0 Å². The molecule has 0 fully saturated rings. The molecule has 14 heavy (non-hydrogen) atoms. The third kappa shape index (κ3) is 1.57. The van der Waals surface area contributed by atoms with Crippen LogP contribution in [-0.2, 0) is 4.74 Å². The van der Waals surface area contributed by atoms with Crippen molar-refractivity contribution in [3.05, 3.63) is 35.4 Å². The molecule has 0 saturated carbocycles. The van der Waals surface area contributed by atoms with Crippen LogP contribution in [0, 0.1) is 0 Å². The van der Waals surface area contributed by atoms with E-state index in [1.54, 1.807) is 0 Å². The van der Waals surface area contributed by atoms with Crippen LogP contribution in [0.1, 0.15) is 49.3 Å². The van der Waals surface area contributed by atoms with Crippen LogP contribution in [0.25, 0.3) is 0 Å². The summed E-state index contributed by atoms with van der Waals surface area (Å²) >= 11 is 0. The van der Waals surface area contributed by atoms with Gasteiger partial charge in [-0.1, -0.05) is 31.2 Å². The SMILES string of the molecule is CC[C@H]1CC[C@H](OC)c2ccccc21. The molecule has 1 nitrogen and oxygen atoms in total. The normalized spacial score (nSPS) is 25.9. The maximum atomic E-state index is 5.51. The van der Waals surface area contributed by atoms with Gasteiger partial charge < -0.3 is 4.74 Å². The van der Waals surface area contributed by atoms with Crippen molar-refractivity contribution in [3.8, 4) is 0 Å². The van der Waals surface area contributed by atoms with Crippen LogP contribution in [0.2, 0.25) is 0 Å². The Morgan fingerprint density at radius 2 is 1.93 bits per heavy atom. The van der Waals surface area contributed by atoms with Gasteiger partial charge in [0.1, 0.15) is 0 Å². The predicted octanol–water partition coefficient (Wildman–Crippen LogP) is 3.66. The standard InChI is InChI=1S/C13H18O/c1-3-10-8-9-13(14-2)12-7-5-4-6-11(10)12/h4-7,10,13H,3,8-9H2,1-2H3/t10-,13-/m0/s1. The van der Waals surface area contributed by atoms with Crippen LogP contribution >= 0.6 is 0 Å². The molecule has 1 aromatic carbocycles. The summed E-state index contributed by atoms with van der Waals surface area (Å²) in [7, 11) is 1.81. The van der Waals surface area contributed by atoms with Crippen LogP contribution in [0.15, 0.2) is 24.3 Å². The minimum atomic E-state index is 0.328. The average Bonchev–Trinajstić information content (AvgIpc) is 2.27. The van der Waals surface area contributed by atoms with Gasteiger partial charge in [-0.2, -0.15) is 0 Å². The third-order valence-electron chi connectivity index (χ3n) is 3.34. The molecule has 0 bridgehead atoms. The van der Waals surface area contributed by atoms with Crippen molar-refractivity contribution in [1.29, 1.82) is 0 Å². The maximum Gasteiger partial charge on any atom is 0.0824 e. The second-order valence-corrected chi connectivity index (χ2v) is 4.04. The number of hydrogen-bond donors (Lipinski definition) is 0. The quantitative estimate of drug-likeness (QED) is 0.691. The van der Waals surface area contributed by atoms with Crippen molar-refractivity contribution < 1.29 is 4.74 Å². The summed E-state index contributed by atoms with van der Waals surface area (Å²) in [6.45, 7) is 2.27. The summed E-state index contributed by atoms with van der Waals surface area (Å²) in [6, 6.07) is 8.72. The van der Waals surface area contributed by atoms with E-state index in [-0.39, 0.29) is 0 Å². The minimum Gasteiger partial charge on any atom is -0.377 e. The van der Waals surface area contributed by atoms with Gasteiger partial charge in [0.05, 0.1) is 6.10 Å². The lowest BCUT2D eigenvalue weighted by Crippen LogP contribution is -2.15. The van der Waals surface area contributed by atoms with Gasteiger partial charge in [0.15, 0.2) is 0 Å². The van der Waals surface area contributed by atoms with Gasteiger partial charge in [-0.05, 0) is 36.3 Å². The van der Waals surface area contributed by atoms with Crippen LogP contribution in [0.3, 0.4) is 0 Å². The Balaban J connectivity index is 2.38. The highest BCUT2D eigenvalue weighted by Crippen LogP contribution is 2.40. The number of benzene rings is 1. The Hall–Kier alpha value is -0.820. The van der Waals surface area contributed by atoms with Gasteiger partial charge >= 0.3 is 0 Å². The first-order valence-electron chi connectivity index (χ1n) is 5.48. The number of fused-ring (bicyclic) bond motifs is 1. The van der Waals surface area contributed by atoms with E-state index >= 15 is 0 Å². The first kappa shape index (κ1) is 9.72. The molecule has 0 radical (unpaired) electrons. The smallest absolute Gasteiger partial charge is 0.0824 e. The molecular weight excluding hydrogens is 172 g/mol. The molecule has 0 unspecified atom stereocenters. The second-order valence-electron chi connectivity index (χ2n) is 4.04. The van der Waals surface area contributed by atoms with Gasteiger partial charge in [0.25, 0.3) is 0 Å². The van der Waals surface area contributed by atoms with E-state index in [4.69, 9.17) is 4.74 Å². The monoisotopic (exact) mass is 190 g/mol. The molecule has 1 aliphatic carbocycles. The van der Waals surface area contributed by atoms with Gasteiger partial charge in [-0.3, -0.25) is 0 Å². The number of hydrogen-bond acceptors (Lipinski definition) is 1. The zero-order valence-electron chi connectivity index (χ0n) is 8.99. The first-order chi connectivity index (χ1) is 6.86. The summed E-state index contributed by atoms with van der Waals surface area (Å²) in [5, 5.41) is 0. The summed E-state index contributed by atoms with van der Waals surface area (Å²) in [4.78, 5) is 0. The van der Waals surface area contributed by atoms with Crippen molar-refractivity contribution in [2.75, 3.05) is 7.11 Å². The van der Waals surface area contributed by atoms with E-state index in [0.717, 1.165) is 5.92 Å². The molecule has 1 heteroatoms. The lowest BCUT2D eigenvalue weighted by Gasteiger charge is -2.30. The van der Waals surface area contributed by atoms with Crippen LogP contribution in [0.5, 0.6) is 0 Å². The fourth-order valence-electron chi connectivity index (χ4n) is 2.51. The highest BCUT2D eigenvalue weighted by Gasteiger charge is 2.25. The lowest BCUT2D eigenvalue weighted by atomic mass is 9.80. The largest absolute Gasteiger partial charge is 0.377 e. The summed E-state index contributed by atoms with van der Waals surface area (Å²) < 4.78 is 5.51. The Morgan fingerprint density at radius 3 is 2.57 bits per heavy atom. The Kier molecular flexibility index (Phi) is 2.87. The molecule has 0 aromatic heterocycles. The van der Waals surface area contributed by atoms with Gasteiger partial charge in [-0.15, -0.1) is 0 Å². The van der Waals surface area contributed by atoms with E-state index < -0.39 is 0 Å². The molecule has 1 aromatic rings. The van der Waals surface area contributed by atoms with E-state index in [1.165, 1.54) is 30.4 Å². The lowest BCUT2D eigenvalue weighted by molar-refractivity contribution is 0.0839. The van der Waals surface area contributed by atoms with Crippen LogP contribution < -0.4 is 0 Å². The molecule has 0 saturated heterocycles. The van der Waals surface area contributed by atoms with E-state index in [1.807, 2.05) is 7.11 Å². The molecule has 0 N–H and O–H groups in total. The Labute approximate surface area is 86.1 Å². The molecule has 1 aliphatic rings. The van der Waals surface area contributed by atoms with Gasteiger partial charge in [0.2, 0.25) is 0 Å². The van der Waals surface area contributed by atoms with Crippen LogP contribution in [0.4, 0.5) is 0 Å². The number of ether oxygens (including phenoxy) is 1. The summed E-state index contributed by atoms with van der Waals surface area (Å²) in [6.07, 6.45) is 4.01. The molecule has 0 aliphatic heterocycles. The maximum absolute atomic E-state index is 5.51. The average molecular weight is 190 g/mol. The molecule has 0 spiro atoms. The molecule has 76 valence electrons. The fraction of sp³-hybridized carbons (Fsp3) is 0.538. The predicted molar refractivity (Wildman–Crippen MR) is 58.5 cm³/mol. The summed E-state index contributed by atoms with van der Waals surface area (Å²) in [5.74, 6) is 0.748. The Morgan fingerprint density at radius 1 is 1.21 bits per heavy atom. The second kappa shape index (κ2) is 4.14. The van der Waals surface area contributed by atoms with Crippen molar-refractivity contribution in [2.24, 2.45) is 0 Å². The van der Waals surface area contributed by atoms with E-state index in [2.05, 4.69) is 31.2 Å². The van der Waals surface area contributed by atoms with Crippen molar-refractivity contribution in [3.63, 3.8) is 0 Å². The molecule has 0 heterocycles. The summed E-state index contributed by atoms with van der Waals surface area (Å²) in [5.41, 5.74) is 2.92. The zero-order valence-corrected chi connectivity index (χ0v) is 8.99. The fourth-order valence-corrected chi connectivity index (χ4v) is 2.51. The van der Waals surface area contributed by atoms with Gasteiger partial charge in [-0.25, -0.2) is 0 Å². The minimum absolute atomic E-state index is 0.328. The topological polar surface area (TPSA) is 9.23 Å². The first-order valence-corrected chi connectivity index (χ1v) is 5.48. The van der Waals surface area contributed by atoms with Crippen molar-refractivity contribution in [2.45, 2.75) is 38.2 Å². The third-order valence-corrected chi connectivity index (χ3v) is 3.34. The molecule has 0 amide bonds. The van der Waals surface area contributed by atoms with Gasteiger partial charge in [0, 0.05) is 7.11 Å². The van der Waals surface area contributed by atoms with Crippen molar-refractivity contribution >= 4 is 0 Å². The van der Waals surface area contributed by atoms with E-state index in [0.29, 0.717) is 6.10 Å². The Bertz CT molecular complexity index is 275. The molecular formula is C13H18O. The van der Waals surface area contributed by atoms with Crippen LogP contribution in [-0.4, -0.2) is 7.11 Å². The number of methoxy groups -OCH3 is 1. The molecule has 2 rings (SSSR count). The highest BCUT2D eigenvalue weighted by atomic mass is 16.5. The van der Waals surface area contributed by atoms with E-state index in [9.17, 15) is 0 Å². The zero-order chi connectivity index (χ0) is 9.97.